The average Bonchev–Trinajstić information content (AvgIpc) is 3.24. The average molecular weight is 328 g/mol. The summed E-state index contributed by atoms with van der Waals surface area (Å²) >= 11 is 0. The SMILES string of the molecule is CCCc1cc([C@@H]2CCCN2C(=O)Cc2ccccc2OC)no1. The van der Waals surface area contributed by atoms with Gasteiger partial charge in [0.25, 0.3) is 0 Å². The molecule has 0 aliphatic carbocycles. The molecule has 0 spiro atoms. The summed E-state index contributed by atoms with van der Waals surface area (Å²) in [6.45, 7) is 2.88. The summed E-state index contributed by atoms with van der Waals surface area (Å²) in [6.07, 6.45) is 4.19. The van der Waals surface area contributed by atoms with E-state index in [4.69, 9.17) is 9.26 Å². The molecule has 128 valence electrons. The van der Waals surface area contributed by atoms with E-state index >= 15 is 0 Å². The smallest absolute Gasteiger partial charge is 0.227 e. The van der Waals surface area contributed by atoms with E-state index in [0.29, 0.717) is 6.42 Å². The molecule has 0 unspecified atom stereocenters. The number of methoxy groups -OCH3 is 1. The van der Waals surface area contributed by atoms with Gasteiger partial charge in [0, 0.05) is 24.6 Å². The summed E-state index contributed by atoms with van der Waals surface area (Å²) in [6, 6.07) is 9.71. The highest BCUT2D eigenvalue weighted by molar-refractivity contribution is 5.80. The van der Waals surface area contributed by atoms with Gasteiger partial charge < -0.3 is 14.2 Å². The first-order valence-corrected chi connectivity index (χ1v) is 8.59. The highest BCUT2D eigenvalue weighted by atomic mass is 16.5. The Morgan fingerprint density at radius 2 is 2.25 bits per heavy atom. The second-order valence-corrected chi connectivity index (χ2v) is 6.20. The fourth-order valence-corrected chi connectivity index (χ4v) is 3.34. The molecule has 0 N–H and O–H groups in total. The van der Waals surface area contributed by atoms with Crippen LogP contribution in [0.3, 0.4) is 0 Å². The molecular formula is C19H24N2O3. The minimum absolute atomic E-state index is 0.0292. The lowest BCUT2D eigenvalue weighted by atomic mass is 10.1. The molecule has 24 heavy (non-hydrogen) atoms. The summed E-state index contributed by atoms with van der Waals surface area (Å²) in [5, 5.41) is 4.20. The molecule has 0 radical (unpaired) electrons. The van der Waals surface area contributed by atoms with Crippen molar-refractivity contribution in [3.8, 4) is 5.75 Å². The number of carbonyl (C=O) groups excluding carboxylic acids is 1. The van der Waals surface area contributed by atoms with Gasteiger partial charge in [-0.2, -0.15) is 0 Å². The van der Waals surface area contributed by atoms with Crippen molar-refractivity contribution in [2.45, 2.75) is 45.1 Å². The van der Waals surface area contributed by atoms with Crippen LogP contribution in [-0.2, 0) is 17.6 Å². The van der Waals surface area contributed by atoms with Gasteiger partial charge in [-0.25, -0.2) is 0 Å². The molecule has 2 heterocycles. The number of ether oxygens (including phenoxy) is 1. The molecular weight excluding hydrogens is 304 g/mol. The Morgan fingerprint density at radius 3 is 3.04 bits per heavy atom. The van der Waals surface area contributed by atoms with Crippen LogP contribution >= 0.6 is 0 Å². The number of amides is 1. The fraction of sp³-hybridized carbons (Fsp3) is 0.474. The Kier molecular flexibility index (Phi) is 5.18. The Hall–Kier alpha value is -2.30. The van der Waals surface area contributed by atoms with Crippen molar-refractivity contribution in [1.82, 2.24) is 10.1 Å². The first kappa shape index (κ1) is 16.6. The van der Waals surface area contributed by atoms with Gasteiger partial charge in [-0.15, -0.1) is 0 Å². The third-order valence-electron chi connectivity index (χ3n) is 4.52. The van der Waals surface area contributed by atoms with Crippen LogP contribution in [0.1, 0.15) is 49.2 Å². The summed E-state index contributed by atoms with van der Waals surface area (Å²) in [4.78, 5) is 14.7. The van der Waals surface area contributed by atoms with E-state index in [1.54, 1.807) is 7.11 Å². The monoisotopic (exact) mass is 328 g/mol. The number of nitrogens with zero attached hydrogens (tertiary/aromatic N) is 2. The summed E-state index contributed by atoms with van der Waals surface area (Å²) < 4.78 is 10.7. The maximum atomic E-state index is 12.8. The molecule has 5 heteroatoms. The Balaban J connectivity index is 1.73. The molecule has 1 aromatic heterocycles. The number of aryl methyl sites for hydroxylation is 1. The van der Waals surface area contributed by atoms with Gasteiger partial charge in [-0.3, -0.25) is 4.79 Å². The Labute approximate surface area is 142 Å². The number of hydrogen-bond acceptors (Lipinski definition) is 4. The normalized spacial score (nSPS) is 17.2. The minimum atomic E-state index is 0.0292. The number of benzene rings is 1. The van der Waals surface area contributed by atoms with E-state index < -0.39 is 0 Å². The van der Waals surface area contributed by atoms with E-state index in [1.807, 2.05) is 35.2 Å². The predicted octanol–water partition coefficient (Wildman–Crippen LogP) is 3.54. The van der Waals surface area contributed by atoms with Crippen LogP contribution in [0.25, 0.3) is 0 Å². The second kappa shape index (κ2) is 7.51. The zero-order chi connectivity index (χ0) is 16.9. The van der Waals surface area contributed by atoms with Crippen molar-refractivity contribution in [3.05, 3.63) is 47.3 Å². The van der Waals surface area contributed by atoms with Gasteiger partial charge in [0.05, 0.1) is 19.6 Å². The summed E-state index contributed by atoms with van der Waals surface area (Å²) in [5.41, 5.74) is 1.80. The molecule has 2 aromatic rings. The Morgan fingerprint density at radius 1 is 1.42 bits per heavy atom. The highest BCUT2D eigenvalue weighted by Crippen LogP contribution is 2.32. The first-order chi connectivity index (χ1) is 11.7. The van der Waals surface area contributed by atoms with Crippen molar-refractivity contribution in [2.75, 3.05) is 13.7 Å². The number of para-hydroxylation sites is 1. The number of likely N-dealkylation sites (tertiary alicyclic amines) is 1. The van der Waals surface area contributed by atoms with Crippen LogP contribution in [0, 0.1) is 0 Å². The zero-order valence-electron chi connectivity index (χ0n) is 14.3. The highest BCUT2D eigenvalue weighted by Gasteiger charge is 2.32. The van der Waals surface area contributed by atoms with E-state index in [-0.39, 0.29) is 11.9 Å². The summed E-state index contributed by atoms with van der Waals surface area (Å²) in [5.74, 6) is 1.77. The van der Waals surface area contributed by atoms with Crippen molar-refractivity contribution in [3.63, 3.8) is 0 Å². The van der Waals surface area contributed by atoms with Crippen molar-refractivity contribution in [2.24, 2.45) is 0 Å². The molecule has 1 aromatic carbocycles. The molecule has 1 aliphatic heterocycles. The lowest BCUT2D eigenvalue weighted by Gasteiger charge is -2.23. The van der Waals surface area contributed by atoms with Crippen molar-refractivity contribution >= 4 is 5.91 Å². The molecule has 5 nitrogen and oxygen atoms in total. The van der Waals surface area contributed by atoms with Gasteiger partial charge in [0.2, 0.25) is 5.91 Å². The van der Waals surface area contributed by atoms with E-state index in [0.717, 1.165) is 55.0 Å². The van der Waals surface area contributed by atoms with Gasteiger partial charge >= 0.3 is 0 Å². The number of hydrogen-bond donors (Lipinski definition) is 0. The quantitative estimate of drug-likeness (QED) is 0.814. The lowest BCUT2D eigenvalue weighted by Crippen LogP contribution is -2.32. The Bertz CT molecular complexity index is 695. The molecule has 1 amide bonds. The number of rotatable bonds is 6. The van der Waals surface area contributed by atoms with Gasteiger partial charge in [0.15, 0.2) is 0 Å². The standard InChI is InChI=1S/C19H24N2O3/c1-3-7-15-13-16(20-24-15)17-9-6-11-21(17)19(22)12-14-8-4-5-10-18(14)23-2/h4-5,8,10,13,17H,3,6-7,9,11-12H2,1-2H3/t17-/m0/s1. The third-order valence-corrected chi connectivity index (χ3v) is 4.52. The van der Waals surface area contributed by atoms with Crippen molar-refractivity contribution in [1.29, 1.82) is 0 Å². The molecule has 0 saturated carbocycles. The zero-order valence-corrected chi connectivity index (χ0v) is 14.3. The van der Waals surface area contributed by atoms with Crippen LogP contribution in [0.4, 0.5) is 0 Å². The van der Waals surface area contributed by atoms with Crippen LogP contribution in [0.5, 0.6) is 5.75 Å². The molecule has 0 bridgehead atoms. The van der Waals surface area contributed by atoms with Gasteiger partial charge in [0.1, 0.15) is 17.2 Å². The number of aromatic nitrogens is 1. The van der Waals surface area contributed by atoms with Crippen LogP contribution in [0.2, 0.25) is 0 Å². The van der Waals surface area contributed by atoms with Gasteiger partial charge in [-0.05, 0) is 25.3 Å². The lowest BCUT2D eigenvalue weighted by molar-refractivity contribution is -0.131. The fourth-order valence-electron chi connectivity index (χ4n) is 3.34. The van der Waals surface area contributed by atoms with E-state index in [9.17, 15) is 4.79 Å². The third kappa shape index (κ3) is 3.45. The van der Waals surface area contributed by atoms with Crippen LogP contribution in [0.15, 0.2) is 34.9 Å². The predicted molar refractivity (Wildman–Crippen MR) is 90.9 cm³/mol. The summed E-state index contributed by atoms with van der Waals surface area (Å²) in [7, 11) is 1.63. The van der Waals surface area contributed by atoms with E-state index in [1.165, 1.54) is 0 Å². The number of carbonyl (C=O) groups is 1. The molecule has 1 fully saturated rings. The largest absolute Gasteiger partial charge is 0.496 e. The molecule has 3 rings (SSSR count). The maximum absolute atomic E-state index is 12.8. The minimum Gasteiger partial charge on any atom is -0.496 e. The molecule has 1 saturated heterocycles. The second-order valence-electron chi connectivity index (χ2n) is 6.20. The van der Waals surface area contributed by atoms with Gasteiger partial charge in [-0.1, -0.05) is 30.3 Å². The molecule has 1 atom stereocenters. The first-order valence-electron chi connectivity index (χ1n) is 8.59. The van der Waals surface area contributed by atoms with Crippen LogP contribution < -0.4 is 4.74 Å². The topological polar surface area (TPSA) is 55.6 Å². The maximum Gasteiger partial charge on any atom is 0.227 e. The van der Waals surface area contributed by atoms with E-state index in [2.05, 4.69) is 12.1 Å². The molecule has 1 aliphatic rings. The van der Waals surface area contributed by atoms with Crippen LogP contribution in [-0.4, -0.2) is 29.6 Å². The van der Waals surface area contributed by atoms with Crippen molar-refractivity contribution < 1.29 is 14.1 Å².